The zero-order valence-electron chi connectivity index (χ0n) is 4.64. The van der Waals surface area contributed by atoms with Crippen molar-refractivity contribution in [2.75, 3.05) is 0 Å². The summed E-state index contributed by atoms with van der Waals surface area (Å²) in [5.74, 6) is -0.491. The average Bonchev–Trinajstić information content (AvgIpc) is 1.68. The van der Waals surface area contributed by atoms with Crippen molar-refractivity contribution < 1.29 is 9.59 Å². The molecule has 0 unspecified atom stereocenters. The van der Waals surface area contributed by atoms with E-state index < -0.39 is 5.78 Å². The number of Topliss-reactive ketones (excluding diaryl/α,β-unsaturated/α-hetero) is 1. The molecule has 0 heterocycles. The predicted molar refractivity (Wildman–Crippen MR) is 31.0 cm³/mol. The van der Waals surface area contributed by atoms with Crippen molar-refractivity contribution in [3.63, 3.8) is 0 Å². The van der Waals surface area contributed by atoms with Crippen molar-refractivity contribution in [2.24, 2.45) is 0 Å². The van der Waals surface area contributed by atoms with Crippen LogP contribution in [0.3, 0.4) is 0 Å². The Bertz CT molecular complexity index is 80.5. The van der Waals surface area contributed by atoms with Gasteiger partial charge in [0.25, 0.3) is 0 Å². The molecule has 0 rings (SSSR count). The van der Waals surface area contributed by atoms with Gasteiger partial charge in [0.2, 0.25) is 0 Å². The maximum Gasteiger partial charge on any atom is 2.00 e. The molecular weight excluding hydrogens is 229 g/mol. The molecule has 0 aromatic heterocycles. The molecule has 8 heavy (non-hydrogen) atoms. The summed E-state index contributed by atoms with van der Waals surface area (Å²) < 4.78 is 0. The van der Waals surface area contributed by atoms with E-state index in [2.05, 4.69) is 6.92 Å². The summed E-state index contributed by atoms with van der Waals surface area (Å²) in [7, 11) is 0. The van der Waals surface area contributed by atoms with Crippen LogP contribution >= 0.6 is 0 Å². The molecule has 0 fully saturated rings. The fourth-order valence-electron chi connectivity index (χ4n) is 0.212. The summed E-state index contributed by atoms with van der Waals surface area (Å²) in [6, 6.07) is 0. The molecule has 0 amide bonds. The molecule has 0 aromatic rings. The second kappa shape index (κ2) is 7.91. The van der Waals surface area contributed by atoms with Gasteiger partial charge in [-0.2, -0.15) is 12.7 Å². The fraction of sp³-hybridized carbons (Fsp3) is 0.400. The summed E-state index contributed by atoms with van der Waals surface area (Å²) in [6.45, 7) is 3.37. The normalized spacial score (nSPS) is 7.12. The third-order valence-electron chi connectivity index (χ3n) is 0.518. The summed E-state index contributed by atoms with van der Waals surface area (Å²) in [5, 5.41) is 0. The summed E-state index contributed by atoms with van der Waals surface area (Å²) >= 11 is 0. The summed E-state index contributed by atoms with van der Waals surface area (Å²) in [6.07, 6.45) is 1.94. The second-order valence-electron chi connectivity index (χ2n) is 1.13. The Labute approximate surface area is 89.1 Å². The van der Waals surface area contributed by atoms with E-state index in [1.165, 1.54) is 6.29 Å². The molecule has 0 aliphatic rings. The molecule has 0 bridgehead atoms. The summed E-state index contributed by atoms with van der Waals surface area (Å²) in [5.41, 5.74) is 0. The molecule has 0 aliphatic heterocycles. The van der Waals surface area contributed by atoms with E-state index in [-0.39, 0.29) is 55.3 Å². The van der Waals surface area contributed by atoms with Gasteiger partial charge in [-0.05, 0) is 6.42 Å². The minimum absolute atomic E-state index is 0. The number of carbonyl (C=O) groups excluding carboxylic acids is 2. The van der Waals surface area contributed by atoms with E-state index in [9.17, 15) is 9.59 Å². The smallest absolute Gasteiger partial charge is 0.534 e. The van der Waals surface area contributed by atoms with Gasteiger partial charge in [-0.25, -0.2) is 0 Å². The van der Waals surface area contributed by atoms with Crippen molar-refractivity contribution in [3.05, 3.63) is 6.92 Å². The molecule has 0 aromatic carbocycles. The fourth-order valence-corrected chi connectivity index (χ4v) is 0.212. The van der Waals surface area contributed by atoms with Crippen molar-refractivity contribution in [3.8, 4) is 0 Å². The third kappa shape index (κ3) is 6.91. The first kappa shape index (κ1) is 11.7. The van der Waals surface area contributed by atoms with Gasteiger partial charge in [0, 0.05) is 5.78 Å². The van der Waals surface area contributed by atoms with Gasteiger partial charge in [0.15, 0.2) is 0 Å². The Kier molecular flexibility index (Phi) is 11.5. The minimum atomic E-state index is -0.491. The van der Waals surface area contributed by atoms with Crippen LogP contribution in [0.15, 0.2) is 0 Å². The van der Waals surface area contributed by atoms with Crippen molar-refractivity contribution >= 4 is 61.0 Å². The van der Waals surface area contributed by atoms with Gasteiger partial charge in [0.1, 0.15) is 0 Å². The number of ketones is 1. The van der Waals surface area contributed by atoms with Crippen molar-refractivity contribution in [1.29, 1.82) is 0 Å². The largest absolute Gasteiger partial charge is 2.00 e. The molecule has 40 valence electrons. The number of rotatable bonds is 3. The first-order valence-corrected chi connectivity index (χ1v) is 2.01. The molecule has 0 spiro atoms. The van der Waals surface area contributed by atoms with Crippen LogP contribution in [0.2, 0.25) is 0 Å². The first-order chi connectivity index (χ1) is 3.31. The molecule has 0 N–H and O–H groups in total. The monoisotopic (exact) mass is 236 g/mol. The van der Waals surface area contributed by atoms with Gasteiger partial charge in [-0.1, -0.05) is 0 Å². The van der Waals surface area contributed by atoms with Crippen molar-refractivity contribution in [2.45, 2.75) is 12.8 Å². The average molecular weight is 235 g/mol. The van der Waals surface area contributed by atoms with Crippen LogP contribution in [0, 0.1) is 6.92 Å². The van der Waals surface area contributed by atoms with E-state index in [1.54, 1.807) is 0 Å². The van der Waals surface area contributed by atoms with E-state index >= 15 is 0 Å². The molecular formula is C5H6BaO2. The molecule has 0 saturated carbocycles. The molecule has 0 saturated heterocycles. The Balaban J connectivity index is 0. The van der Waals surface area contributed by atoms with Gasteiger partial charge < -0.3 is 16.5 Å². The van der Waals surface area contributed by atoms with Crippen LogP contribution in [0.4, 0.5) is 0 Å². The second-order valence-corrected chi connectivity index (χ2v) is 1.13. The number of carbonyl (C=O) groups is 1. The van der Waals surface area contributed by atoms with Crippen LogP contribution in [0.25, 0.3) is 0 Å². The van der Waals surface area contributed by atoms with E-state index in [0.29, 0.717) is 6.42 Å². The van der Waals surface area contributed by atoms with Crippen molar-refractivity contribution in [1.82, 2.24) is 0 Å². The topological polar surface area (TPSA) is 34.1 Å². The van der Waals surface area contributed by atoms with Gasteiger partial charge >= 0.3 is 48.9 Å². The first-order valence-electron chi connectivity index (χ1n) is 2.01. The van der Waals surface area contributed by atoms with Crippen LogP contribution in [0.5, 0.6) is 0 Å². The maximum atomic E-state index is 9.95. The molecule has 2 nitrogen and oxygen atoms in total. The van der Waals surface area contributed by atoms with Crippen LogP contribution in [-0.4, -0.2) is 61.0 Å². The number of hydrogen-bond donors (Lipinski definition) is 0. The zero-order chi connectivity index (χ0) is 5.70. The quantitative estimate of drug-likeness (QED) is 0.389. The molecule has 0 radical (unpaired) electrons. The predicted octanol–water partition coefficient (Wildman–Crippen LogP) is -0.101. The van der Waals surface area contributed by atoms with Gasteiger partial charge in [-0.15, -0.1) is 0 Å². The third-order valence-corrected chi connectivity index (χ3v) is 0.518. The molecule has 0 atom stereocenters. The van der Waals surface area contributed by atoms with Crippen LogP contribution in [-0.2, 0) is 9.59 Å². The Morgan fingerprint density at radius 3 is 2.25 bits per heavy atom. The van der Waals surface area contributed by atoms with E-state index in [1.807, 2.05) is 0 Å². The van der Waals surface area contributed by atoms with Gasteiger partial charge in [-0.3, -0.25) is 0 Å². The summed E-state index contributed by atoms with van der Waals surface area (Å²) in [4.78, 5) is 19.3. The number of hydrogen-bond acceptors (Lipinski definition) is 2. The van der Waals surface area contributed by atoms with Crippen LogP contribution in [0.1, 0.15) is 12.8 Å². The standard InChI is InChI=1S/C5H6O2.Ba/c1-2-3-5(7)4-6;/h1-3H2;/q-2;+2. The Morgan fingerprint density at radius 1 is 1.62 bits per heavy atom. The van der Waals surface area contributed by atoms with Crippen LogP contribution < -0.4 is 0 Å². The SMILES string of the molecule is [Ba+2].[CH2-]CCC(=O)[C-]=O. The maximum absolute atomic E-state index is 9.95. The van der Waals surface area contributed by atoms with Gasteiger partial charge in [0.05, 0.1) is 0 Å². The van der Waals surface area contributed by atoms with E-state index in [4.69, 9.17) is 0 Å². The zero-order valence-corrected chi connectivity index (χ0v) is 9.09. The molecule has 3 heteroatoms. The Hall–Kier alpha value is 0.911. The molecule has 0 aliphatic carbocycles. The Morgan fingerprint density at radius 2 is 2.12 bits per heavy atom. The van der Waals surface area contributed by atoms with E-state index in [0.717, 1.165) is 0 Å². The minimum Gasteiger partial charge on any atom is -0.534 e.